The Morgan fingerprint density at radius 2 is 1.16 bits per heavy atom. The first-order valence-electron chi connectivity index (χ1n) is 21.1. The van der Waals surface area contributed by atoms with Gasteiger partial charge in [-0.1, -0.05) is 107 Å². The van der Waals surface area contributed by atoms with Crippen LogP contribution in [0.2, 0.25) is 0 Å². The number of anilines is 6. The standard InChI is InChI=1S/C55H42N2S4/c1-33(2)35-15-19-38(20-16-35)56(39-21-17-36(18-22-39)34(3)4)40-30-37(49-14-9-27-58-49)31-41(32-40)57-48-12-7-6-11-44(48)55(46-25-28-59-53(46)54-47(55)26-29-60-54)45-24-23-43-42-10-5-8-13-50(42)61-52(43)51(45)57/h5-34H,1-4H3. The molecule has 6 aromatic carbocycles. The maximum Gasteiger partial charge on any atom is 0.0771 e. The van der Waals surface area contributed by atoms with Crippen LogP contribution in [-0.4, -0.2) is 0 Å². The molecular weight excluding hydrogens is 817 g/mol. The highest BCUT2D eigenvalue weighted by Crippen LogP contribution is 2.67. The minimum absolute atomic E-state index is 0.437. The van der Waals surface area contributed by atoms with Crippen LogP contribution in [-0.2, 0) is 5.41 Å². The highest BCUT2D eigenvalue weighted by molar-refractivity contribution is 7.26. The summed E-state index contributed by atoms with van der Waals surface area (Å²) in [6.07, 6.45) is 0. The molecule has 1 aliphatic heterocycles. The van der Waals surface area contributed by atoms with Gasteiger partial charge < -0.3 is 9.80 Å². The fraction of sp³-hybridized carbons (Fsp3) is 0.127. The van der Waals surface area contributed by atoms with Gasteiger partial charge in [0, 0.05) is 52.9 Å². The molecule has 0 atom stereocenters. The van der Waals surface area contributed by atoms with E-state index in [-0.39, 0.29) is 0 Å². The van der Waals surface area contributed by atoms with Crippen LogP contribution in [0.4, 0.5) is 34.1 Å². The van der Waals surface area contributed by atoms with Gasteiger partial charge in [0.1, 0.15) is 0 Å². The Balaban J connectivity index is 1.17. The zero-order valence-electron chi connectivity index (χ0n) is 34.3. The molecule has 0 unspecified atom stereocenters. The average Bonchev–Trinajstić information content (AvgIpc) is 4.14. The molecule has 0 radical (unpaired) electrons. The summed E-state index contributed by atoms with van der Waals surface area (Å²) in [4.78, 5) is 9.13. The minimum atomic E-state index is -0.437. The van der Waals surface area contributed by atoms with Crippen molar-refractivity contribution in [2.24, 2.45) is 0 Å². The van der Waals surface area contributed by atoms with Crippen molar-refractivity contribution in [3.63, 3.8) is 0 Å². The normalized spacial score (nSPS) is 13.6. The van der Waals surface area contributed by atoms with Crippen LogP contribution >= 0.6 is 45.3 Å². The van der Waals surface area contributed by atoms with Gasteiger partial charge in [0.05, 0.1) is 21.5 Å². The zero-order chi connectivity index (χ0) is 41.0. The molecule has 296 valence electrons. The molecule has 0 N–H and O–H groups in total. The van der Waals surface area contributed by atoms with Crippen LogP contribution in [0.15, 0.2) is 168 Å². The Kier molecular flexibility index (Phi) is 8.59. The summed E-state index contributed by atoms with van der Waals surface area (Å²) >= 11 is 7.49. The summed E-state index contributed by atoms with van der Waals surface area (Å²) in [5.41, 5.74) is 16.0. The predicted molar refractivity (Wildman–Crippen MR) is 267 cm³/mol. The Bertz CT molecular complexity index is 3180. The Morgan fingerprint density at radius 3 is 1.82 bits per heavy atom. The maximum absolute atomic E-state index is 2.62. The van der Waals surface area contributed by atoms with Gasteiger partial charge in [-0.15, -0.1) is 45.3 Å². The van der Waals surface area contributed by atoms with Crippen molar-refractivity contribution in [2.45, 2.75) is 44.9 Å². The van der Waals surface area contributed by atoms with Crippen molar-refractivity contribution in [1.29, 1.82) is 0 Å². The Hall–Kier alpha value is -5.76. The lowest BCUT2D eigenvalue weighted by Gasteiger charge is -2.45. The maximum atomic E-state index is 2.62. The Morgan fingerprint density at radius 1 is 0.508 bits per heavy atom. The van der Waals surface area contributed by atoms with Gasteiger partial charge in [0.15, 0.2) is 0 Å². The van der Waals surface area contributed by atoms with Crippen LogP contribution in [0.25, 0.3) is 40.4 Å². The third-order valence-corrected chi connectivity index (χ3v) is 17.0. The summed E-state index contributed by atoms with van der Waals surface area (Å²) in [7, 11) is 0. The van der Waals surface area contributed by atoms with Crippen molar-refractivity contribution in [3.8, 4) is 20.2 Å². The lowest BCUT2D eigenvalue weighted by atomic mass is 9.65. The van der Waals surface area contributed by atoms with E-state index < -0.39 is 5.41 Å². The number of fused-ring (bicyclic) bond motifs is 13. The molecule has 4 aromatic heterocycles. The van der Waals surface area contributed by atoms with E-state index in [0.29, 0.717) is 11.8 Å². The minimum Gasteiger partial charge on any atom is -0.310 e. The molecule has 0 saturated carbocycles. The molecule has 1 aliphatic carbocycles. The SMILES string of the molecule is CC(C)c1ccc(N(c2ccc(C(C)C)cc2)c2cc(-c3cccs3)cc(N3c4ccccc4C4(c5ccsc5-c5sccc54)c4ccc5c(sc6ccccc65)c43)c2)cc1. The van der Waals surface area contributed by atoms with E-state index in [4.69, 9.17) is 0 Å². The zero-order valence-corrected chi connectivity index (χ0v) is 37.6. The quantitative estimate of drug-likeness (QED) is 0.158. The van der Waals surface area contributed by atoms with E-state index in [9.17, 15) is 0 Å². The lowest BCUT2D eigenvalue weighted by Crippen LogP contribution is -2.36. The highest BCUT2D eigenvalue weighted by Gasteiger charge is 2.53. The van der Waals surface area contributed by atoms with Crippen LogP contribution < -0.4 is 9.80 Å². The summed E-state index contributed by atoms with van der Waals surface area (Å²) in [5.74, 6) is 0.898. The van der Waals surface area contributed by atoms with E-state index in [0.717, 1.165) is 22.7 Å². The summed E-state index contributed by atoms with van der Waals surface area (Å²) in [5, 5.41) is 9.41. The van der Waals surface area contributed by atoms with Gasteiger partial charge in [-0.3, -0.25) is 0 Å². The topological polar surface area (TPSA) is 6.48 Å². The molecule has 2 aliphatic rings. The fourth-order valence-corrected chi connectivity index (χ4v) is 14.1. The van der Waals surface area contributed by atoms with Crippen molar-refractivity contribution in [2.75, 3.05) is 9.80 Å². The molecular formula is C55H42N2S4. The van der Waals surface area contributed by atoms with E-state index >= 15 is 0 Å². The molecule has 1 spiro atoms. The average molecular weight is 859 g/mol. The highest BCUT2D eigenvalue weighted by atomic mass is 32.1. The van der Waals surface area contributed by atoms with Crippen LogP contribution in [0.3, 0.4) is 0 Å². The molecule has 0 fully saturated rings. The second-order valence-electron chi connectivity index (χ2n) is 16.9. The van der Waals surface area contributed by atoms with Crippen LogP contribution in [0.5, 0.6) is 0 Å². The first-order chi connectivity index (χ1) is 29.9. The molecule has 0 bridgehead atoms. The molecule has 5 heterocycles. The van der Waals surface area contributed by atoms with Gasteiger partial charge in [0.2, 0.25) is 0 Å². The first kappa shape index (κ1) is 37.0. The number of hydrogen-bond acceptors (Lipinski definition) is 6. The number of hydrogen-bond donors (Lipinski definition) is 0. The van der Waals surface area contributed by atoms with Gasteiger partial charge in [0.25, 0.3) is 0 Å². The first-order valence-corrected chi connectivity index (χ1v) is 24.6. The number of benzene rings is 6. The molecule has 10 aromatic rings. The van der Waals surface area contributed by atoms with Crippen LogP contribution in [0, 0.1) is 0 Å². The Labute approximate surface area is 373 Å². The van der Waals surface area contributed by atoms with Gasteiger partial charge in [-0.25, -0.2) is 0 Å². The monoisotopic (exact) mass is 858 g/mol. The molecule has 12 rings (SSSR count). The number of thiophene rings is 4. The van der Waals surface area contributed by atoms with Crippen molar-refractivity contribution in [1.82, 2.24) is 0 Å². The molecule has 0 saturated heterocycles. The van der Waals surface area contributed by atoms with E-state index in [1.165, 1.54) is 85.1 Å². The van der Waals surface area contributed by atoms with Gasteiger partial charge in [-0.05, 0) is 140 Å². The second-order valence-corrected chi connectivity index (χ2v) is 20.7. The van der Waals surface area contributed by atoms with Crippen molar-refractivity contribution >= 4 is 99.6 Å². The third-order valence-electron chi connectivity index (χ3n) is 12.9. The largest absolute Gasteiger partial charge is 0.310 e. The van der Waals surface area contributed by atoms with E-state index in [1.54, 1.807) is 11.3 Å². The van der Waals surface area contributed by atoms with Gasteiger partial charge in [-0.2, -0.15) is 0 Å². The number of nitrogens with zero attached hydrogens (tertiary/aromatic N) is 2. The van der Waals surface area contributed by atoms with Gasteiger partial charge >= 0.3 is 0 Å². The third kappa shape index (κ3) is 5.49. The van der Waals surface area contributed by atoms with Crippen molar-refractivity contribution < 1.29 is 0 Å². The number of para-hydroxylation sites is 1. The van der Waals surface area contributed by atoms with E-state index in [2.05, 4.69) is 205 Å². The fourth-order valence-electron chi connectivity index (χ4n) is 10.0. The molecule has 2 nitrogen and oxygen atoms in total. The predicted octanol–water partition coefficient (Wildman–Crippen LogP) is 17.8. The van der Waals surface area contributed by atoms with E-state index in [1.807, 2.05) is 34.0 Å². The molecule has 6 heteroatoms. The lowest BCUT2D eigenvalue weighted by molar-refractivity contribution is 0.758. The summed E-state index contributed by atoms with van der Waals surface area (Å²) < 4.78 is 2.63. The smallest absolute Gasteiger partial charge is 0.0771 e. The number of rotatable bonds is 7. The van der Waals surface area contributed by atoms with Crippen LogP contribution in [0.1, 0.15) is 72.9 Å². The van der Waals surface area contributed by atoms with Crippen molar-refractivity contribution in [3.05, 3.63) is 201 Å². The second kappa shape index (κ2) is 14.1. The molecule has 61 heavy (non-hydrogen) atoms. The summed E-state index contributed by atoms with van der Waals surface area (Å²) in [6.45, 7) is 9.07. The molecule has 0 amide bonds. The summed E-state index contributed by atoms with van der Waals surface area (Å²) in [6, 6.07) is 58.0.